The number of ether oxygens (including phenoxy) is 1. The second kappa shape index (κ2) is 8.01. The zero-order valence-electron chi connectivity index (χ0n) is 11.1. The third-order valence-corrected chi connectivity index (χ3v) is 3.36. The van der Waals surface area contributed by atoms with Crippen LogP contribution in [0.3, 0.4) is 0 Å². The van der Waals surface area contributed by atoms with Crippen LogP contribution in [0.5, 0.6) is 0 Å². The van der Waals surface area contributed by atoms with Crippen molar-refractivity contribution in [1.29, 1.82) is 0 Å². The smallest absolute Gasteiger partial charge is 0.306 e. The largest absolute Gasteiger partial charge is 0.466 e. The minimum absolute atomic E-state index is 0.00579. The third-order valence-electron chi connectivity index (χ3n) is 3.36. The minimum atomic E-state index is -0.407. The molecular formula is C14H22O4. The van der Waals surface area contributed by atoms with Crippen molar-refractivity contribution >= 4 is 17.5 Å². The molecule has 0 unspecified atom stereocenters. The Morgan fingerprint density at radius 3 is 2.17 bits per heavy atom. The van der Waals surface area contributed by atoms with E-state index in [9.17, 15) is 14.4 Å². The lowest BCUT2D eigenvalue weighted by molar-refractivity contribution is -0.145. The van der Waals surface area contributed by atoms with Gasteiger partial charge in [-0.3, -0.25) is 14.4 Å². The molecule has 0 aromatic heterocycles. The van der Waals surface area contributed by atoms with Crippen LogP contribution in [-0.4, -0.2) is 24.1 Å². The van der Waals surface area contributed by atoms with Crippen molar-refractivity contribution in [1.82, 2.24) is 0 Å². The van der Waals surface area contributed by atoms with Crippen LogP contribution in [0, 0.1) is 5.92 Å². The highest BCUT2D eigenvalue weighted by Gasteiger charge is 2.25. The van der Waals surface area contributed by atoms with E-state index in [-0.39, 0.29) is 24.5 Å². The zero-order chi connectivity index (χ0) is 13.4. The first kappa shape index (κ1) is 14.9. The highest BCUT2D eigenvalue weighted by molar-refractivity contribution is 6.38. The van der Waals surface area contributed by atoms with E-state index >= 15 is 0 Å². The van der Waals surface area contributed by atoms with Gasteiger partial charge in [0.25, 0.3) is 0 Å². The first-order valence-electron chi connectivity index (χ1n) is 6.87. The number of hydrogen-bond acceptors (Lipinski definition) is 4. The van der Waals surface area contributed by atoms with Crippen LogP contribution in [0.2, 0.25) is 0 Å². The molecule has 0 bridgehead atoms. The Kier molecular flexibility index (Phi) is 6.61. The second-order valence-corrected chi connectivity index (χ2v) is 4.78. The summed E-state index contributed by atoms with van der Waals surface area (Å²) in [6.45, 7) is 2.03. The van der Waals surface area contributed by atoms with Gasteiger partial charge in [0.1, 0.15) is 0 Å². The number of Topliss-reactive ketones (excluding diaryl/α,β-unsaturated/α-hetero) is 2. The fourth-order valence-corrected chi connectivity index (χ4v) is 2.34. The number of carbonyl (C=O) groups excluding carboxylic acids is 3. The number of rotatable bonds is 6. The number of ketones is 2. The SMILES string of the molecule is CCOC(=O)CCC(=O)C(=O)C1CCCCCC1. The van der Waals surface area contributed by atoms with E-state index in [1.807, 2.05) is 0 Å². The van der Waals surface area contributed by atoms with Crippen LogP contribution in [0.1, 0.15) is 58.3 Å². The van der Waals surface area contributed by atoms with E-state index < -0.39 is 11.8 Å². The Hall–Kier alpha value is -1.19. The molecule has 0 atom stereocenters. The molecule has 0 saturated heterocycles. The van der Waals surface area contributed by atoms with Crippen molar-refractivity contribution in [3.63, 3.8) is 0 Å². The summed E-state index contributed by atoms with van der Waals surface area (Å²) >= 11 is 0. The van der Waals surface area contributed by atoms with E-state index in [1.54, 1.807) is 6.92 Å². The van der Waals surface area contributed by atoms with Crippen LogP contribution in [0.15, 0.2) is 0 Å². The monoisotopic (exact) mass is 254 g/mol. The minimum Gasteiger partial charge on any atom is -0.466 e. The summed E-state index contributed by atoms with van der Waals surface area (Å²) in [5.74, 6) is -1.20. The Balaban J connectivity index is 2.35. The van der Waals surface area contributed by atoms with E-state index in [0.29, 0.717) is 6.61 Å². The lowest BCUT2D eigenvalue weighted by Gasteiger charge is -2.11. The normalized spacial score (nSPS) is 16.9. The fourth-order valence-electron chi connectivity index (χ4n) is 2.34. The molecule has 0 aromatic carbocycles. The average Bonchev–Trinajstić information content (AvgIpc) is 2.64. The summed E-state index contributed by atoms with van der Waals surface area (Å²) in [5, 5.41) is 0. The second-order valence-electron chi connectivity index (χ2n) is 4.78. The van der Waals surface area contributed by atoms with Gasteiger partial charge < -0.3 is 4.74 Å². The van der Waals surface area contributed by atoms with Gasteiger partial charge in [-0.2, -0.15) is 0 Å². The van der Waals surface area contributed by atoms with Gasteiger partial charge in [-0.15, -0.1) is 0 Å². The van der Waals surface area contributed by atoms with Gasteiger partial charge in [-0.25, -0.2) is 0 Å². The van der Waals surface area contributed by atoms with Gasteiger partial charge in [-0.1, -0.05) is 25.7 Å². The maximum Gasteiger partial charge on any atom is 0.306 e. The highest BCUT2D eigenvalue weighted by Crippen LogP contribution is 2.24. The molecular weight excluding hydrogens is 232 g/mol. The predicted molar refractivity (Wildman–Crippen MR) is 67.1 cm³/mol. The molecule has 0 amide bonds. The first-order chi connectivity index (χ1) is 8.65. The molecule has 1 fully saturated rings. The van der Waals surface area contributed by atoms with E-state index in [0.717, 1.165) is 38.5 Å². The fraction of sp³-hybridized carbons (Fsp3) is 0.786. The van der Waals surface area contributed by atoms with E-state index in [4.69, 9.17) is 4.74 Å². The van der Waals surface area contributed by atoms with E-state index in [2.05, 4.69) is 0 Å². The molecule has 4 nitrogen and oxygen atoms in total. The quantitative estimate of drug-likeness (QED) is 0.415. The molecule has 1 rings (SSSR count). The highest BCUT2D eigenvalue weighted by atomic mass is 16.5. The Labute approximate surface area is 108 Å². The van der Waals surface area contributed by atoms with Crippen molar-refractivity contribution in [2.45, 2.75) is 58.3 Å². The van der Waals surface area contributed by atoms with Crippen LogP contribution in [-0.2, 0) is 19.1 Å². The lowest BCUT2D eigenvalue weighted by atomic mass is 9.92. The van der Waals surface area contributed by atoms with Gasteiger partial charge in [0.2, 0.25) is 5.78 Å². The lowest BCUT2D eigenvalue weighted by Crippen LogP contribution is -2.24. The summed E-state index contributed by atoms with van der Waals surface area (Å²) < 4.78 is 4.74. The van der Waals surface area contributed by atoms with Crippen molar-refractivity contribution in [2.24, 2.45) is 5.92 Å². The molecule has 0 radical (unpaired) electrons. The van der Waals surface area contributed by atoms with Gasteiger partial charge in [0.15, 0.2) is 5.78 Å². The van der Waals surface area contributed by atoms with E-state index in [1.165, 1.54) is 0 Å². The molecule has 1 aliphatic carbocycles. The Morgan fingerprint density at radius 1 is 1.00 bits per heavy atom. The summed E-state index contributed by atoms with van der Waals surface area (Å²) in [6, 6.07) is 0. The molecule has 0 spiro atoms. The topological polar surface area (TPSA) is 60.4 Å². The summed E-state index contributed by atoms with van der Waals surface area (Å²) in [5.41, 5.74) is 0. The van der Waals surface area contributed by atoms with Gasteiger partial charge in [0, 0.05) is 12.3 Å². The van der Waals surface area contributed by atoms with Gasteiger partial charge >= 0.3 is 5.97 Å². The molecule has 1 aliphatic rings. The maximum atomic E-state index is 11.9. The average molecular weight is 254 g/mol. The van der Waals surface area contributed by atoms with Crippen molar-refractivity contribution in [3.05, 3.63) is 0 Å². The zero-order valence-corrected chi connectivity index (χ0v) is 11.1. The maximum absolute atomic E-state index is 11.9. The molecule has 1 saturated carbocycles. The molecule has 0 aromatic rings. The van der Waals surface area contributed by atoms with Crippen molar-refractivity contribution < 1.29 is 19.1 Å². The first-order valence-corrected chi connectivity index (χ1v) is 6.87. The summed E-state index contributed by atoms with van der Waals surface area (Å²) in [7, 11) is 0. The summed E-state index contributed by atoms with van der Waals surface area (Å²) in [6.07, 6.45) is 6.03. The third kappa shape index (κ3) is 4.98. The van der Waals surface area contributed by atoms with Crippen molar-refractivity contribution in [3.8, 4) is 0 Å². The van der Waals surface area contributed by atoms with Crippen LogP contribution in [0.25, 0.3) is 0 Å². The summed E-state index contributed by atoms with van der Waals surface area (Å²) in [4.78, 5) is 34.7. The molecule has 0 N–H and O–H groups in total. The van der Waals surface area contributed by atoms with Gasteiger partial charge in [-0.05, 0) is 19.8 Å². The molecule has 4 heteroatoms. The van der Waals surface area contributed by atoms with Crippen LogP contribution in [0.4, 0.5) is 0 Å². The van der Waals surface area contributed by atoms with Crippen molar-refractivity contribution in [2.75, 3.05) is 6.61 Å². The molecule has 18 heavy (non-hydrogen) atoms. The predicted octanol–water partition coefficient (Wildman–Crippen LogP) is 2.44. The Bertz CT molecular complexity index is 301. The standard InChI is InChI=1S/C14H22O4/c1-2-18-13(16)10-9-12(15)14(17)11-7-5-3-4-6-8-11/h11H,2-10H2,1H3. The number of carbonyl (C=O) groups is 3. The number of esters is 1. The van der Waals surface area contributed by atoms with Crippen LogP contribution < -0.4 is 0 Å². The van der Waals surface area contributed by atoms with Gasteiger partial charge in [0.05, 0.1) is 13.0 Å². The molecule has 0 aliphatic heterocycles. The molecule has 102 valence electrons. The van der Waals surface area contributed by atoms with Crippen LogP contribution >= 0.6 is 0 Å². The molecule has 0 heterocycles. The Morgan fingerprint density at radius 2 is 1.61 bits per heavy atom. The number of hydrogen-bond donors (Lipinski definition) is 0.